The molecular formula is C15H17N5OS2. The van der Waals surface area contributed by atoms with E-state index in [1.165, 1.54) is 4.88 Å². The maximum atomic E-state index is 12.2. The van der Waals surface area contributed by atoms with Gasteiger partial charge in [-0.1, -0.05) is 0 Å². The molecule has 3 aromatic rings. The van der Waals surface area contributed by atoms with Crippen LogP contribution < -0.4 is 10.6 Å². The van der Waals surface area contributed by atoms with Crippen molar-refractivity contribution in [1.29, 1.82) is 0 Å². The fraction of sp³-hybridized carbons (Fsp3) is 0.400. The zero-order valence-corrected chi connectivity index (χ0v) is 14.1. The monoisotopic (exact) mass is 347 g/mol. The molecule has 0 atom stereocenters. The molecule has 0 radical (unpaired) electrons. The second-order valence-corrected chi connectivity index (χ2v) is 7.58. The second-order valence-electron chi connectivity index (χ2n) is 5.64. The molecule has 0 saturated carbocycles. The summed E-state index contributed by atoms with van der Waals surface area (Å²) in [5.74, 6) is 0.501. The number of hydrogen-bond donors (Lipinski definition) is 2. The van der Waals surface area contributed by atoms with Crippen molar-refractivity contribution < 1.29 is 4.79 Å². The van der Waals surface area contributed by atoms with E-state index in [9.17, 15) is 4.79 Å². The number of fused-ring (bicyclic) bond motifs is 1. The zero-order valence-electron chi connectivity index (χ0n) is 12.5. The highest BCUT2D eigenvalue weighted by atomic mass is 32.1. The topological polar surface area (TPSA) is 71.3 Å². The standard InChI is InChI=1S/C15H17N5OS2/c21-13(7-11-9-20-5-6-22-15(20)18-11)19-14-17-8-12(23-14)10-1-3-16-4-2-10/h5-6,8-10,16H,1-4,7H2,(H,17,19,21). The van der Waals surface area contributed by atoms with Crippen LogP contribution in [0.2, 0.25) is 0 Å². The van der Waals surface area contributed by atoms with E-state index in [0.717, 1.165) is 36.6 Å². The highest BCUT2D eigenvalue weighted by Crippen LogP contribution is 2.31. The van der Waals surface area contributed by atoms with Gasteiger partial charge < -0.3 is 10.6 Å². The van der Waals surface area contributed by atoms with E-state index in [2.05, 4.69) is 20.6 Å². The summed E-state index contributed by atoms with van der Waals surface area (Å²) in [6.07, 6.45) is 8.30. The normalized spacial score (nSPS) is 16.0. The van der Waals surface area contributed by atoms with Crippen LogP contribution in [0, 0.1) is 0 Å². The Morgan fingerprint density at radius 1 is 1.43 bits per heavy atom. The Kier molecular flexibility index (Phi) is 4.11. The molecular weight excluding hydrogens is 330 g/mol. The Morgan fingerprint density at radius 3 is 3.13 bits per heavy atom. The number of carbonyl (C=O) groups is 1. The van der Waals surface area contributed by atoms with Crippen LogP contribution in [0.3, 0.4) is 0 Å². The molecule has 1 saturated heterocycles. The summed E-state index contributed by atoms with van der Waals surface area (Å²) in [6.45, 7) is 2.11. The molecule has 2 N–H and O–H groups in total. The number of hydrogen-bond acceptors (Lipinski definition) is 6. The Hall–Kier alpha value is -1.77. The largest absolute Gasteiger partial charge is 0.317 e. The first-order chi connectivity index (χ1) is 11.3. The molecule has 1 aliphatic rings. The average Bonchev–Trinajstić information content (AvgIpc) is 3.24. The van der Waals surface area contributed by atoms with Gasteiger partial charge in [0.2, 0.25) is 5.91 Å². The highest BCUT2D eigenvalue weighted by molar-refractivity contribution is 7.15. The molecule has 3 aromatic heterocycles. The van der Waals surface area contributed by atoms with Crippen molar-refractivity contribution in [1.82, 2.24) is 19.7 Å². The van der Waals surface area contributed by atoms with Crippen molar-refractivity contribution in [3.8, 4) is 0 Å². The third-order valence-corrected chi connectivity index (χ3v) is 5.84. The van der Waals surface area contributed by atoms with Gasteiger partial charge in [-0.05, 0) is 31.8 Å². The van der Waals surface area contributed by atoms with Crippen LogP contribution >= 0.6 is 22.7 Å². The molecule has 4 heterocycles. The molecule has 6 nitrogen and oxygen atoms in total. The molecule has 1 fully saturated rings. The number of aromatic nitrogens is 3. The molecule has 0 aromatic carbocycles. The summed E-state index contributed by atoms with van der Waals surface area (Å²) in [7, 11) is 0. The molecule has 1 amide bonds. The second kappa shape index (κ2) is 6.38. The van der Waals surface area contributed by atoms with Crippen molar-refractivity contribution in [3.05, 3.63) is 34.5 Å². The minimum Gasteiger partial charge on any atom is -0.317 e. The van der Waals surface area contributed by atoms with Crippen molar-refractivity contribution in [3.63, 3.8) is 0 Å². The predicted molar refractivity (Wildman–Crippen MR) is 92.4 cm³/mol. The fourth-order valence-corrected chi connectivity index (χ4v) is 4.55. The van der Waals surface area contributed by atoms with Gasteiger partial charge in [0.1, 0.15) is 0 Å². The number of nitrogens with one attached hydrogen (secondary N) is 2. The Labute approximate surface area is 141 Å². The summed E-state index contributed by atoms with van der Waals surface area (Å²) < 4.78 is 1.94. The molecule has 4 rings (SSSR count). The Bertz CT molecular complexity index is 786. The van der Waals surface area contributed by atoms with E-state index >= 15 is 0 Å². The van der Waals surface area contributed by atoms with Crippen LogP contribution in [-0.2, 0) is 11.2 Å². The van der Waals surface area contributed by atoms with Crippen molar-refractivity contribution in [2.24, 2.45) is 0 Å². The zero-order chi connectivity index (χ0) is 15.6. The van der Waals surface area contributed by atoms with Gasteiger partial charge in [-0.15, -0.1) is 22.7 Å². The maximum absolute atomic E-state index is 12.2. The lowest BCUT2D eigenvalue weighted by Crippen LogP contribution is -2.26. The Balaban J connectivity index is 1.38. The SMILES string of the molecule is O=C(Cc1cn2ccsc2n1)Nc1ncc(C2CCNCC2)s1. The van der Waals surface area contributed by atoms with E-state index < -0.39 is 0 Å². The quantitative estimate of drug-likeness (QED) is 0.761. The molecule has 0 spiro atoms. The van der Waals surface area contributed by atoms with Crippen LogP contribution in [-0.4, -0.2) is 33.4 Å². The maximum Gasteiger partial charge on any atom is 0.232 e. The van der Waals surface area contributed by atoms with Crippen LogP contribution in [0.5, 0.6) is 0 Å². The number of imidazole rings is 1. The molecule has 23 heavy (non-hydrogen) atoms. The lowest BCUT2D eigenvalue weighted by Gasteiger charge is -2.20. The smallest absolute Gasteiger partial charge is 0.232 e. The molecule has 120 valence electrons. The van der Waals surface area contributed by atoms with Crippen LogP contribution in [0.1, 0.15) is 29.3 Å². The van der Waals surface area contributed by atoms with Gasteiger partial charge in [0.25, 0.3) is 0 Å². The van der Waals surface area contributed by atoms with Gasteiger partial charge >= 0.3 is 0 Å². The number of rotatable bonds is 4. The molecule has 8 heteroatoms. The molecule has 0 unspecified atom stereocenters. The highest BCUT2D eigenvalue weighted by Gasteiger charge is 2.18. The molecule has 0 bridgehead atoms. The van der Waals surface area contributed by atoms with Crippen molar-refractivity contribution in [2.45, 2.75) is 25.2 Å². The van der Waals surface area contributed by atoms with E-state index in [1.807, 2.05) is 28.4 Å². The lowest BCUT2D eigenvalue weighted by molar-refractivity contribution is -0.115. The summed E-state index contributed by atoms with van der Waals surface area (Å²) >= 11 is 3.15. The molecule has 1 aliphatic heterocycles. The third kappa shape index (κ3) is 3.29. The average molecular weight is 347 g/mol. The molecule has 0 aliphatic carbocycles. The van der Waals surface area contributed by atoms with E-state index in [4.69, 9.17) is 0 Å². The summed E-state index contributed by atoms with van der Waals surface area (Å²) in [5, 5.41) is 8.92. The van der Waals surface area contributed by atoms with Gasteiger partial charge in [-0.3, -0.25) is 9.20 Å². The van der Waals surface area contributed by atoms with Gasteiger partial charge in [-0.2, -0.15) is 0 Å². The van der Waals surface area contributed by atoms with Gasteiger partial charge in [0.15, 0.2) is 10.1 Å². The number of nitrogens with zero attached hydrogens (tertiary/aromatic N) is 3. The van der Waals surface area contributed by atoms with E-state index in [-0.39, 0.29) is 12.3 Å². The lowest BCUT2D eigenvalue weighted by atomic mass is 9.97. The van der Waals surface area contributed by atoms with Gasteiger partial charge in [0.05, 0.1) is 12.1 Å². The summed E-state index contributed by atoms with van der Waals surface area (Å²) in [5.41, 5.74) is 0.782. The van der Waals surface area contributed by atoms with Crippen LogP contribution in [0.4, 0.5) is 5.13 Å². The van der Waals surface area contributed by atoms with Crippen molar-refractivity contribution in [2.75, 3.05) is 18.4 Å². The van der Waals surface area contributed by atoms with Gasteiger partial charge in [-0.25, -0.2) is 9.97 Å². The first-order valence-electron chi connectivity index (χ1n) is 7.65. The number of carbonyl (C=O) groups excluding carboxylic acids is 1. The fourth-order valence-electron chi connectivity index (χ4n) is 2.83. The minimum absolute atomic E-state index is 0.0676. The van der Waals surface area contributed by atoms with E-state index in [0.29, 0.717) is 11.0 Å². The van der Waals surface area contributed by atoms with Crippen LogP contribution in [0.15, 0.2) is 24.0 Å². The summed E-state index contributed by atoms with van der Waals surface area (Å²) in [4.78, 5) is 23.1. The first kappa shape index (κ1) is 14.8. The number of anilines is 1. The number of amides is 1. The van der Waals surface area contributed by atoms with E-state index in [1.54, 1.807) is 22.7 Å². The predicted octanol–water partition coefficient (Wildman–Crippen LogP) is 2.50. The Morgan fingerprint density at radius 2 is 2.30 bits per heavy atom. The summed E-state index contributed by atoms with van der Waals surface area (Å²) in [6, 6.07) is 0. The van der Waals surface area contributed by atoms with Gasteiger partial charge in [0, 0.05) is 28.8 Å². The third-order valence-electron chi connectivity index (χ3n) is 4.00. The number of thiazole rings is 2. The number of piperidine rings is 1. The first-order valence-corrected chi connectivity index (χ1v) is 9.35. The minimum atomic E-state index is -0.0676. The van der Waals surface area contributed by atoms with Crippen LogP contribution in [0.25, 0.3) is 4.96 Å². The van der Waals surface area contributed by atoms with Crippen molar-refractivity contribution >= 4 is 38.7 Å².